The lowest BCUT2D eigenvalue weighted by atomic mass is 10.1. The van der Waals surface area contributed by atoms with Crippen molar-refractivity contribution >= 4 is 21.8 Å². The lowest BCUT2D eigenvalue weighted by Gasteiger charge is -2.26. The molecule has 1 atom stereocenters. The van der Waals surface area contributed by atoms with E-state index in [0.29, 0.717) is 32.1 Å². The molecule has 2 aromatic rings. The molecular weight excluding hydrogens is 274 g/mol. The molecule has 2 aromatic carbocycles. The molecule has 0 spiro atoms. The molecule has 1 fully saturated rings. The number of fused-ring (bicyclic) bond motifs is 1. The molecule has 3 rings (SSSR count). The van der Waals surface area contributed by atoms with Gasteiger partial charge in [0.05, 0.1) is 20.3 Å². The Morgan fingerprint density at radius 3 is 2.65 bits per heavy atom. The second-order valence-corrected chi connectivity index (χ2v) is 6.03. The summed E-state index contributed by atoms with van der Waals surface area (Å²) in [6, 6.07) is 11.8. The van der Waals surface area contributed by atoms with E-state index in [4.69, 9.17) is 9.47 Å². The number of nitrogens with zero attached hydrogens (tertiary/aromatic N) is 1. The van der Waals surface area contributed by atoms with E-state index in [0.717, 1.165) is 15.7 Å². The molecule has 1 aliphatic heterocycles. The van der Waals surface area contributed by atoms with E-state index >= 15 is 0 Å². The van der Waals surface area contributed by atoms with Crippen LogP contribution in [0.1, 0.15) is 0 Å². The summed E-state index contributed by atoms with van der Waals surface area (Å²) in [4.78, 5) is 0.757. The summed E-state index contributed by atoms with van der Waals surface area (Å²) in [6.07, 6.45) is 0. The molecule has 1 heterocycles. The van der Waals surface area contributed by atoms with E-state index in [2.05, 4.69) is 0 Å². The maximum Gasteiger partial charge on any atom is 0.137 e. The van der Waals surface area contributed by atoms with Crippen LogP contribution in [-0.2, 0) is 15.7 Å². The largest absolute Gasteiger partial charge is 0.495 e. The smallest absolute Gasteiger partial charge is 0.137 e. The third-order valence-corrected chi connectivity index (χ3v) is 5.05. The number of ether oxygens (including phenoxy) is 2. The third-order valence-electron chi connectivity index (χ3n) is 3.44. The number of hydrogen-bond acceptors (Lipinski definition) is 3. The van der Waals surface area contributed by atoms with Crippen molar-refractivity contribution in [3.05, 3.63) is 36.4 Å². The minimum atomic E-state index is -1.23. The third kappa shape index (κ3) is 2.44. The molecule has 106 valence electrons. The summed E-state index contributed by atoms with van der Waals surface area (Å²) in [5, 5.41) is 2.06. The van der Waals surface area contributed by atoms with Crippen LogP contribution in [0.4, 0.5) is 0 Å². The average Bonchev–Trinajstić information content (AvgIpc) is 2.54. The Balaban J connectivity index is 2.10. The monoisotopic (exact) mass is 291 g/mol. The molecule has 0 aromatic heterocycles. The lowest BCUT2D eigenvalue weighted by Crippen LogP contribution is -2.37. The van der Waals surface area contributed by atoms with E-state index in [-0.39, 0.29) is 0 Å². The normalized spacial score (nSPS) is 18.1. The van der Waals surface area contributed by atoms with Gasteiger partial charge in [-0.05, 0) is 11.5 Å². The Morgan fingerprint density at radius 2 is 1.90 bits per heavy atom. The summed E-state index contributed by atoms with van der Waals surface area (Å²) in [7, 11) is 0.388. The molecule has 0 saturated carbocycles. The molecule has 1 saturated heterocycles. The zero-order valence-corrected chi connectivity index (χ0v) is 12.2. The molecule has 5 heteroatoms. The lowest BCUT2D eigenvalue weighted by molar-refractivity contribution is 0.0752. The second kappa shape index (κ2) is 5.91. The second-order valence-electron chi connectivity index (χ2n) is 4.61. The summed E-state index contributed by atoms with van der Waals surface area (Å²) in [5.41, 5.74) is 0. The number of morpholine rings is 1. The van der Waals surface area contributed by atoms with Crippen LogP contribution in [0.5, 0.6) is 5.75 Å². The van der Waals surface area contributed by atoms with Crippen LogP contribution in [0.3, 0.4) is 0 Å². The topological polar surface area (TPSA) is 38.8 Å². The summed E-state index contributed by atoms with van der Waals surface area (Å²) < 4.78 is 25.6. The van der Waals surface area contributed by atoms with Crippen molar-refractivity contribution in [3.63, 3.8) is 0 Å². The fraction of sp³-hybridized carbons (Fsp3) is 0.333. The Bertz CT molecular complexity index is 638. The van der Waals surface area contributed by atoms with Gasteiger partial charge >= 0.3 is 0 Å². The molecule has 0 radical (unpaired) electrons. The standard InChI is InChI=1S/C15H17NO3S/c1-18-14-7-6-12-4-2-3-5-13(12)15(14)20(17)16-8-10-19-11-9-16/h2-7H,8-11H2,1H3/t20-/m1/s1. The summed E-state index contributed by atoms with van der Waals surface area (Å²) in [6.45, 7) is 2.61. The van der Waals surface area contributed by atoms with Crippen LogP contribution in [0.15, 0.2) is 41.3 Å². The van der Waals surface area contributed by atoms with Crippen molar-refractivity contribution in [2.75, 3.05) is 33.4 Å². The highest BCUT2D eigenvalue weighted by Gasteiger charge is 2.23. The maximum atomic E-state index is 12.9. The van der Waals surface area contributed by atoms with Crippen molar-refractivity contribution in [3.8, 4) is 5.75 Å². The van der Waals surface area contributed by atoms with E-state index in [1.165, 1.54) is 0 Å². The summed E-state index contributed by atoms with van der Waals surface area (Å²) in [5.74, 6) is 0.675. The quantitative estimate of drug-likeness (QED) is 0.870. The van der Waals surface area contributed by atoms with E-state index in [1.54, 1.807) is 7.11 Å². The first kappa shape index (κ1) is 13.5. The molecule has 4 nitrogen and oxygen atoms in total. The van der Waals surface area contributed by atoms with Gasteiger partial charge in [0.15, 0.2) is 0 Å². The van der Waals surface area contributed by atoms with Crippen LogP contribution < -0.4 is 4.74 Å². The van der Waals surface area contributed by atoms with Crippen LogP contribution >= 0.6 is 0 Å². The van der Waals surface area contributed by atoms with Crippen LogP contribution in [0.25, 0.3) is 10.8 Å². The first-order valence-corrected chi connectivity index (χ1v) is 7.72. The van der Waals surface area contributed by atoms with E-state index in [1.807, 2.05) is 40.7 Å². The van der Waals surface area contributed by atoms with E-state index in [9.17, 15) is 4.21 Å². The van der Waals surface area contributed by atoms with Crippen LogP contribution in [0.2, 0.25) is 0 Å². The van der Waals surface area contributed by atoms with Crippen molar-refractivity contribution in [2.45, 2.75) is 4.90 Å². The van der Waals surface area contributed by atoms with Crippen LogP contribution in [-0.4, -0.2) is 41.9 Å². The van der Waals surface area contributed by atoms with Gasteiger partial charge in [-0.1, -0.05) is 30.3 Å². The number of hydrogen-bond donors (Lipinski definition) is 0. The zero-order valence-electron chi connectivity index (χ0n) is 11.4. The molecule has 0 bridgehead atoms. The van der Waals surface area contributed by atoms with Crippen LogP contribution in [0, 0.1) is 0 Å². The Labute approximate surface area is 120 Å². The molecule has 0 unspecified atom stereocenters. The highest BCUT2D eigenvalue weighted by atomic mass is 32.2. The highest BCUT2D eigenvalue weighted by molar-refractivity contribution is 7.83. The van der Waals surface area contributed by atoms with Gasteiger partial charge in [0.2, 0.25) is 0 Å². The van der Waals surface area contributed by atoms with E-state index < -0.39 is 11.0 Å². The van der Waals surface area contributed by atoms with Gasteiger partial charge in [-0.3, -0.25) is 0 Å². The fourth-order valence-corrected chi connectivity index (χ4v) is 3.84. The molecule has 0 aliphatic carbocycles. The molecule has 0 amide bonds. The Morgan fingerprint density at radius 1 is 1.15 bits per heavy atom. The van der Waals surface area contributed by atoms with Crippen molar-refractivity contribution in [2.24, 2.45) is 0 Å². The minimum Gasteiger partial charge on any atom is -0.495 e. The first-order chi connectivity index (χ1) is 9.81. The predicted octanol–water partition coefficient (Wildman–Crippen LogP) is 2.20. The highest BCUT2D eigenvalue weighted by Crippen LogP contribution is 2.32. The summed E-state index contributed by atoms with van der Waals surface area (Å²) >= 11 is 0. The van der Waals surface area contributed by atoms with Crippen molar-refractivity contribution in [1.82, 2.24) is 4.31 Å². The Hall–Kier alpha value is -1.43. The minimum absolute atomic E-state index is 0.624. The fourth-order valence-electron chi connectivity index (χ4n) is 2.41. The van der Waals surface area contributed by atoms with Gasteiger partial charge in [0, 0.05) is 18.5 Å². The SMILES string of the molecule is COc1ccc2ccccc2c1[S@@](=O)N1CCOCC1. The average molecular weight is 291 g/mol. The van der Waals surface area contributed by atoms with Crippen molar-refractivity contribution < 1.29 is 13.7 Å². The van der Waals surface area contributed by atoms with Gasteiger partial charge in [0.1, 0.15) is 21.6 Å². The molecule has 20 heavy (non-hydrogen) atoms. The maximum absolute atomic E-state index is 12.9. The van der Waals surface area contributed by atoms with Gasteiger partial charge in [-0.25, -0.2) is 8.51 Å². The molecule has 1 aliphatic rings. The van der Waals surface area contributed by atoms with Gasteiger partial charge in [0.25, 0.3) is 0 Å². The van der Waals surface area contributed by atoms with Crippen molar-refractivity contribution in [1.29, 1.82) is 0 Å². The molecule has 0 N–H and O–H groups in total. The van der Waals surface area contributed by atoms with Gasteiger partial charge in [-0.2, -0.15) is 0 Å². The first-order valence-electron chi connectivity index (χ1n) is 6.61. The number of benzene rings is 2. The Kier molecular flexibility index (Phi) is 4.00. The number of methoxy groups -OCH3 is 1. The van der Waals surface area contributed by atoms with Gasteiger partial charge < -0.3 is 9.47 Å². The number of rotatable bonds is 3. The molecular formula is C15H17NO3S. The predicted molar refractivity (Wildman–Crippen MR) is 79.3 cm³/mol. The van der Waals surface area contributed by atoms with Gasteiger partial charge in [-0.15, -0.1) is 0 Å². The zero-order chi connectivity index (χ0) is 13.9.